The lowest BCUT2D eigenvalue weighted by Crippen LogP contribution is -2.15. The first kappa shape index (κ1) is 10.9. The van der Waals surface area contributed by atoms with Crippen molar-refractivity contribution in [3.05, 3.63) is 23.4 Å². The Morgan fingerprint density at radius 1 is 1.56 bits per heavy atom. The zero-order valence-corrected chi connectivity index (χ0v) is 9.58. The third-order valence-corrected chi connectivity index (χ3v) is 3.05. The van der Waals surface area contributed by atoms with E-state index in [4.69, 9.17) is 5.11 Å². The van der Waals surface area contributed by atoms with Crippen LogP contribution in [0, 0.1) is 12.3 Å². The van der Waals surface area contributed by atoms with Crippen LogP contribution in [0.1, 0.15) is 35.8 Å². The van der Waals surface area contributed by atoms with E-state index in [0.717, 1.165) is 12.2 Å². The summed E-state index contributed by atoms with van der Waals surface area (Å²) in [5.74, 6) is -0.448. The van der Waals surface area contributed by atoms with Gasteiger partial charge in [0.15, 0.2) is 0 Å². The van der Waals surface area contributed by atoms with Crippen molar-refractivity contribution in [1.82, 2.24) is 4.98 Å². The maximum absolute atomic E-state index is 11.0. The maximum Gasteiger partial charge on any atom is 0.339 e. The number of hydrogen-bond donors (Lipinski definition) is 2. The van der Waals surface area contributed by atoms with Crippen LogP contribution in [0.5, 0.6) is 0 Å². The van der Waals surface area contributed by atoms with Crippen LogP contribution in [0.2, 0.25) is 0 Å². The Morgan fingerprint density at radius 3 is 2.81 bits per heavy atom. The number of anilines is 1. The number of aryl methyl sites for hydroxylation is 1. The zero-order valence-electron chi connectivity index (χ0n) is 9.58. The van der Waals surface area contributed by atoms with Gasteiger partial charge in [-0.05, 0) is 37.3 Å². The number of carboxylic acid groups (broad SMARTS) is 1. The number of aromatic nitrogens is 1. The molecule has 0 radical (unpaired) electrons. The van der Waals surface area contributed by atoms with Gasteiger partial charge in [-0.15, -0.1) is 0 Å². The Morgan fingerprint density at radius 2 is 2.25 bits per heavy atom. The first-order chi connectivity index (χ1) is 7.50. The maximum atomic E-state index is 11.0. The highest BCUT2D eigenvalue weighted by Gasteiger charge is 2.37. The molecule has 0 aromatic carbocycles. The molecule has 4 nitrogen and oxygen atoms in total. The fourth-order valence-corrected chi connectivity index (χ4v) is 1.55. The Labute approximate surface area is 94.7 Å². The minimum absolute atomic E-state index is 0.245. The average Bonchev–Trinajstić information content (AvgIpc) is 2.94. The number of pyridine rings is 1. The van der Waals surface area contributed by atoms with Crippen LogP contribution in [0.4, 0.5) is 5.82 Å². The van der Waals surface area contributed by atoms with Gasteiger partial charge in [-0.25, -0.2) is 9.78 Å². The molecule has 1 aromatic rings. The summed E-state index contributed by atoms with van der Waals surface area (Å²) in [6.45, 7) is 4.84. The van der Waals surface area contributed by atoms with Crippen LogP contribution in [0.25, 0.3) is 0 Å². The Hall–Kier alpha value is -1.58. The Balaban J connectivity index is 2.16. The van der Waals surface area contributed by atoms with Crippen LogP contribution < -0.4 is 5.32 Å². The molecule has 0 amide bonds. The summed E-state index contributed by atoms with van der Waals surface area (Å²) >= 11 is 0. The third-order valence-electron chi connectivity index (χ3n) is 3.05. The number of carboxylic acids is 1. The van der Waals surface area contributed by atoms with Gasteiger partial charge in [0.05, 0.1) is 0 Å². The molecule has 1 fully saturated rings. The lowest BCUT2D eigenvalue weighted by Gasteiger charge is -2.12. The second-order valence-electron chi connectivity index (χ2n) is 4.82. The fourth-order valence-electron chi connectivity index (χ4n) is 1.55. The van der Waals surface area contributed by atoms with Crippen molar-refractivity contribution in [3.63, 3.8) is 0 Å². The smallest absolute Gasteiger partial charge is 0.339 e. The van der Waals surface area contributed by atoms with E-state index < -0.39 is 5.97 Å². The summed E-state index contributed by atoms with van der Waals surface area (Å²) in [5.41, 5.74) is 1.41. The van der Waals surface area contributed by atoms with E-state index in [0.29, 0.717) is 11.2 Å². The van der Waals surface area contributed by atoms with Crippen LogP contribution in [0.15, 0.2) is 12.1 Å². The summed E-state index contributed by atoms with van der Waals surface area (Å²) in [7, 11) is 0. The van der Waals surface area contributed by atoms with Gasteiger partial charge in [0.25, 0.3) is 0 Å². The van der Waals surface area contributed by atoms with E-state index in [9.17, 15) is 4.79 Å². The van der Waals surface area contributed by atoms with Crippen molar-refractivity contribution in [2.24, 2.45) is 5.41 Å². The Bertz CT molecular complexity index is 425. The number of rotatable bonds is 4. The molecule has 1 aliphatic rings. The minimum atomic E-state index is -0.934. The molecular weight excluding hydrogens is 204 g/mol. The predicted octanol–water partition coefficient (Wildman–Crippen LogP) is 2.30. The van der Waals surface area contributed by atoms with Crippen molar-refractivity contribution in [1.29, 1.82) is 0 Å². The first-order valence-corrected chi connectivity index (χ1v) is 5.45. The van der Waals surface area contributed by atoms with Crippen LogP contribution >= 0.6 is 0 Å². The fraction of sp³-hybridized carbons (Fsp3) is 0.500. The average molecular weight is 220 g/mol. The van der Waals surface area contributed by atoms with E-state index in [-0.39, 0.29) is 5.56 Å². The van der Waals surface area contributed by atoms with E-state index in [1.54, 1.807) is 12.1 Å². The highest BCUT2D eigenvalue weighted by molar-refractivity contribution is 5.93. The normalized spacial score (nSPS) is 16.9. The second kappa shape index (κ2) is 3.77. The van der Waals surface area contributed by atoms with Crippen LogP contribution in [-0.4, -0.2) is 22.6 Å². The molecule has 1 heterocycles. The summed E-state index contributed by atoms with van der Waals surface area (Å²) in [5, 5.41) is 12.2. The summed E-state index contributed by atoms with van der Waals surface area (Å²) in [6.07, 6.45) is 2.41. The van der Waals surface area contributed by atoms with Gasteiger partial charge in [-0.3, -0.25) is 0 Å². The predicted molar refractivity (Wildman–Crippen MR) is 61.8 cm³/mol. The van der Waals surface area contributed by atoms with E-state index >= 15 is 0 Å². The number of aromatic carboxylic acids is 1. The van der Waals surface area contributed by atoms with Gasteiger partial charge in [-0.2, -0.15) is 0 Å². The zero-order chi connectivity index (χ0) is 11.8. The van der Waals surface area contributed by atoms with Crippen molar-refractivity contribution in [2.75, 3.05) is 11.9 Å². The number of nitrogens with zero attached hydrogens (tertiary/aromatic N) is 1. The topological polar surface area (TPSA) is 62.2 Å². The monoisotopic (exact) mass is 220 g/mol. The number of carbonyl (C=O) groups is 1. The minimum Gasteiger partial charge on any atom is -0.478 e. The van der Waals surface area contributed by atoms with Crippen molar-refractivity contribution in [3.8, 4) is 0 Å². The lowest BCUT2D eigenvalue weighted by atomic mass is 10.1. The molecule has 0 bridgehead atoms. The Kier molecular flexibility index (Phi) is 2.58. The van der Waals surface area contributed by atoms with Gasteiger partial charge in [0.2, 0.25) is 0 Å². The van der Waals surface area contributed by atoms with Gasteiger partial charge in [0, 0.05) is 12.2 Å². The highest BCUT2D eigenvalue weighted by atomic mass is 16.4. The molecular formula is C12H16N2O2. The number of nitrogens with one attached hydrogen (secondary N) is 1. The molecule has 1 aromatic heterocycles. The molecule has 1 aliphatic carbocycles. The molecule has 86 valence electrons. The highest BCUT2D eigenvalue weighted by Crippen LogP contribution is 2.44. The van der Waals surface area contributed by atoms with Crippen LogP contribution in [-0.2, 0) is 0 Å². The molecule has 4 heteroatoms. The molecule has 2 rings (SSSR count). The SMILES string of the molecule is Cc1ccc(C(=O)O)c(NCC2(C)CC2)n1. The molecule has 16 heavy (non-hydrogen) atoms. The summed E-state index contributed by atoms with van der Waals surface area (Å²) in [4.78, 5) is 15.2. The van der Waals surface area contributed by atoms with E-state index in [1.807, 2.05) is 6.92 Å². The molecule has 0 unspecified atom stereocenters. The molecule has 1 saturated carbocycles. The van der Waals surface area contributed by atoms with E-state index in [2.05, 4.69) is 17.2 Å². The summed E-state index contributed by atoms with van der Waals surface area (Å²) in [6, 6.07) is 3.32. The molecule has 2 N–H and O–H groups in total. The standard InChI is InChI=1S/C12H16N2O2/c1-8-3-4-9(11(15)16)10(14-8)13-7-12(2)5-6-12/h3-4H,5-7H2,1-2H3,(H,13,14)(H,15,16). The second-order valence-corrected chi connectivity index (χ2v) is 4.82. The lowest BCUT2D eigenvalue weighted by molar-refractivity contribution is 0.0697. The van der Waals surface area contributed by atoms with Gasteiger partial charge in [-0.1, -0.05) is 6.92 Å². The largest absolute Gasteiger partial charge is 0.478 e. The van der Waals surface area contributed by atoms with Crippen molar-refractivity contribution in [2.45, 2.75) is 26.7 Å². The molecule has 0 spiro atoms. The molecule has 0 saturated heterocycles. The molecule has 0 aliphatic heterocycles. The van der Waals surface area contributed by atoms with Gasteiger partial charge in [0.1, 0.15) is 11.4 Å². The molecule has 0 atom stereocenters. The van der Waals surface area contributed by atoms with Gasteiger partial charge >= 0.3 is 5.97 Å². The third kappa shape index (κ3) is 2.32. The van der Waals surface area contributed by atoms with Crippen LogP contribution in [0.3, 0.4) is 0 Å². The van der Waals surface area contributed by atoms with E-state index in [1.165, 1.54) is 12.8 Å². The quantitative estimate of drug-likeness (QED) is 0.817. The number of hydrogen-bond acceptors (Lipinski definition) is 3. The first-order valence-electron chi connectivity index (χ1n) is 5.45. The summed E-state index contributed by atoms with van der Waals surface area (Å²) < 4.78 is 0. The van der Waals surface area contributed by atoms with Gasteiger partial charge < -0.3 is 10.4 Å². The van der Waals surface area contributed by atoms with Crippen molar-refractivity contribution >= 4 is 11.8 Å². The van der Waals surface area contributed by atoms with Crippen molar-refractivity contribution < 1.29 is 9.90 Å².